The van der Waals surface area contributed by atoms with E-state index < -0.39 is 0 Å². The summed E-state index contributed by atoms with van der Waals surface area (Å²) in [6.07, 6.45) is 20.2. The highest BCUT2D eigenvalue weighted by molar-refractivity contribution is 5.77. The quantitative estimate of drug-likeness (QED) is 0.175. The Hall–Kier alpha value is -2.48. The molecule has 2 nitrogen and oxygen atoms in total. The van der Waals surface area contributed by atoms with Crippen LogP contribution in [0.1, 0.15) is 179 Å². The molecule has 0 spiro atoms. The number of nitrogens with zero attached hydrogens (tertiary/aromatic N) is 2. The molecule has 232 valence electrons. The highest BCUT2D eigenvalue weighted by Gasteiger charge is 2.32. The molecule has 2 heteroatoms. The van der Waals surface area contributed by atoms with Gasteiger partial charge < -0.3 is 9.80 Å². The van der Waals surface area contributed by atoms with Crippen molar-refractivity contribution in [2.75, 3.05) is 9.80 Å². The van der Waals surface area contributed by atoms with Crippen LogP contribution in [0.5, 0.6) is 0 Å². The van der Waals surface area contributed by atoms with Gasteiger partial charge in [0.15, 0.2) is 0 Å². The third-order valence-electron chi connectivity index (χ3n) is 10.1. The highest BCUT2D eigenvalue weighted by atomic mass is 15.4. The van der Waals surface area contributed by atoms with Gasteiger partial charge in [0.05, 0.1) is 11.4 Å². The molecule has 0 unspecified atom stereocenters. The molecule has 0 saturated heterocycles. The second-order valence-electron chi connectivity index (χ2n) is 12.4. The van der Waals surface area contributed by atoms with E-state index in [1.807, 2.05) is 0 Å². The van der Waals surface area contributed by atoms with Gasteiger partial charge in [-0.3, -0.25) is 0 Å². The first kappa shape index (κ1) is 34.0. The number of unbranched alkanes of at least 4 members (excludes halogenated alkanes) is 2. The zero-order chi connectivity index (χ0) is 30.6. The number of allylic oxidation sites excluding steroid dienone is 1. The second-order valence-corrected chi connectivity index (χ2v) is 12.4. The third kappa shape index (κ3) is 7.17. The lowest BCUT2D eigenvalue weighted by Gasteiger charge is -2.35. The lowest BCUT2D eigenvalue weighted by Crippen LogP contribution is -2.27. The molecule has 1 heterocycles. The smallest absolute Gasteiger partial charge is 0.117 e. The molecule has 0 atom stereocenters. The number of hydrogen-bond acceptors (Lipinski definition) is 2. The lowest BCUT2D eigenvalue weighted by molar-refractivity contribution is 0.621. The minimum Gasteiger partial charge on any atom is -0.301 e. The fraction of sp³-hybridized carbons (Fsp3) is 0.600. The van der Waals surface area contributed by atoms with Gasteiger partial charge in [-0.25, -0.2) is 0 Å². The van der Waals surface area contributed by atoms with E-state index in [0.717, 1.165) is 6.42 Å². The van der Waals surface area contributed by atoms with Crippen LogP contribution in [0.15, 0.2) is 60.7 Å². The average molecular weight is 571 g/mol. The molecule has 42 heavy (non-hydrogen) atoms. The van der Waals surface area contributed by atoms with Crippen molar-refractivity contribution in [3.8, 4) is 0 Å². The standard InChI is InChI=1S/C40H62N2/c1-10-19-20-27-38-41(39-34(30(11-2)12-3)23-21-24-35(39)31(13-4)14-5)28-29-42(38)40-36(32(15-6)16-7)25-22-26-37(40)33(17-8)18-9/h21-33H,10-20H2,1-9H3. The molecular weight excluding hydrogens is 508 g/mol. The van der Waals surface area contributed by atoms with Crippen LogP contribution in [0, 0.1) is 0 Å². The van der Waals surface area contributed by atoms with Crippen molar-refractivity contribution >= 4 is 11.4 Å². The molecule has 1 aliphatic rings. The summed E-state index contributed by atoms with van der Waals surface area (Å²) >= 11 is 0. The summed E-state index contributed by atoms with van der Waals surface area (Å²) in [4.78, 5) is 5.19. The molecule has 0 N–H and O–H groups in total. The van der Waals surface area contributed by atoms with Crippen molar-refractivity contribution in [2.45, 2.75) is 157 Å². The first-order chi connectivity index (χ1) is 20.5. The molecule has 2 aromatic rings. The van der Waals surface area contributed by atoms with Crippen molar-refractivity contribution in [1.29, 1.82) is 0 Å². The number of anilines is 2. The van der Waals surface area contributed by atoms with Gasteiger partial charge in [-0.2, -0.15) is 0 Å². The van der Waals surface area contributed by atoms with Crippen LogP contribution in [0.4, 0.5) is 11.4 Å². The van der Waals surface area contributed by atoms with Crippen LogP contribution in [0.2, 0.25) is 0 Å². The van der Waals surface area contributed by atoms with Gasteiger partial charge in [-0.15, -0.1) is 0 Å². The van der Waals surface area contributed by atoms with Crippen molar-refractivity contribution in [3.05, 3.63) is 82.9 Å². The number of rotatable bonds is 17. The largest absolute Gasteiger partial charge is 0.301 e. The van der Waals surface area contributed by atoms with Crippen LogP contribution < -0.4 is 9.80 Å². The van der Waals surface area contributed by atoms with E-state index in [1.165, 1.54) is 104 Å². The minimum atomic E-state index is 0.561. The van der Waals surface area contributed by atoms with Crippen LogP contribution in [-0.4, -0.2) is 0 Å². The number of hydrogen-bond donors (Lipinski definition) is 0. The van der Waals surface area contributed by atoms with Crippen molar-refractivity contribution < 1.29 is 0 Å². The van der Waals surface area contributed by atoms with Gasteiger partial charge >= 0.3 is 0 Å². The third-order valence-corrected chi connectivity index (χ3v) is 10.1. The van der Waals surface area contributed by atoms with Crippen LogP contribution in [0.25, 0.3) is 0 Å². The SMILES string of the molecule is CCCCC=C1N(c2c(C(CC)CC)cccc2C(CC)CC)C=CN1c1c(C(CC)CC)cccc1C(CC)CC. The maximum Gasteiger partial charge on any atom is 0.117 e. The summed E-state index contributed by atoms with van der Waals surface area (Å²) in [5, 5.41) is 0. The maximum atomic E-state index is 2.59. The minimum absolute atomic E-state index is 0.561. The van der Waals surface area contributed by atoms with E-state index in [2.05, 4.69) is 127 Å². The Labute approximate surface area is 260 Å². The Morgan fingerprint density at radius 2 is 0.810 bits per heavy atom. The van der Waals surface area contributed by atoms with Crippen LogP contribution in [-0.2, 0) is 0 Å². The molecule has 1 aliphatic heterocycles. The first-order valence-electron chi connectivity index (χ1n) is 17.7. The molecule has 0 radical (unpaired) electrons. The molecular formula is C40H62N2. The van der Waals surface area contributed by atoms with E-state index in [9.17, 15) is 0 Å². The summed E-state index contributed by atoms with van der Waals surface area (Å²) in [5.74, 6) is 3.58. The fourth-order valence-corrected chi connectivity index (χ4v) is 7.36. The Balaban J connectivity index is 2.34. The van der Waals surface area contributed by atoms with Crippen LogP contribution in [0.3, 0.4) is 0 Å². The van der Waals surface area contributed by atoms with Crippen molar-refractivity contribution in [3.63, 3.8) is 0 Å². The van der Waals surface area contributed by atoms with E-state index in [4.69, 9.17) is 0 Å². The summed E-state index contributed by atoms with van der Waals surface area (Å²) in [7, 11) is 0. The molecule has 0 aromatic heterocycles. The topological polar surface area (TPSA) is 6.48 Å². The van der Waals surface area contributed by atoms with Gasteiger partial charge in [0.1, 0.15) is 5.82 Å². The van der Waals surface area contributed by atoms with Gasteiger partial charge in [0.2, 0.25) is 0 Å². The number of para-hydroxylation sites is 2. The Kier molecular flexibility index (Phi) is 13.7. The zero-order valence-electron chi connectivity index (χ0n) is 28.7. The van der Waals surface area contributed by atoms with E-state index in [-0.39, 0.29) is 0 Å². The van der Waals surface area contributed by atoms with Gasteiger partial charge in [-0.05, 0) is 116 Å². The van der Waals surface area contributed by atoms with Crippen molar-refractivity contribution in [2.24, 2.45) is 0 Å². The maximum absolute atomic E-state index is 2.59. The fourth-order valence-electron chi connectivity index (χ4n) is 7.36. The number of benzene rings is 2. The van der Waals surface area contributed by atoms with Gasteiger partial charge in [0, 0.05) is 12.4 Å². The predicted octanol–water partition coefficient (Wildman–Crippen LogP) is 13.1. The molecule has 0 saturated carbocycles. The zero-order valence-corrected chi connectivity index (χ0v) is 28.7. The van der Waals surface area contributed by atoms with Crippen LogP contribution >= 0.6 is 0 Å². The monoisotopic (exact) mass is 570 g/mol. The van der Waals surface area contributed by atoms with E-state index in [1.54, 1.807) is 0 Å². The van der Waals surface area contributed by atoms with Gasteiger partial charge in [0.25, 0.3) is 0 Å². The van der Waals surface area contributed by atoms with Gasteiger partial charge in [-0.1, -0.05) is 105 Å². The average Bonchev–Trinajstić information content (AvgIpc) is 3.43. The Morgan fingerprint density at radius 3 is 1.07 bits per heavy atom. The molecule has 2 aromatic carbocycles. The Morgan fingerprint density at radius 1 is 0.500 bits per heavy atom. The first-order valence-corrected chi connectivity index (χ1v) is 17.7. The van der Waals surface area contributed by atoms with E-state index >= 15 is 0 Å². The highest BCUT2D eigenvalue weighted by Crippen LogP contribution is 2.47. The molecule has 0 amide bonds. The summed E-state index contributed by atoms with van der Waals surface area (Å²) in [5.41, 5.74) is 8.98. The molecule has 0 bridgehead atoms. The summed E-state index contributed by atoms with van der Waals surface area (Å²) in [6.45, 7) is 21.2. The Bertz CT molecular complexity index is 998. The molecule has 0 fully saturated rings. The van der Waals surface area contributed by atoms with Crippen molar-refractivity contribution in [1.82, 2.24) is 0 Å². The predicted molar refractivity (Wildman–Crippen MR) is 188 cm³/mol. The lowest BCUT2D eigenvalue weighted by atomic mass is 9.84. The molecule has 3 rings (SSSR count). The summed E-state index contributed by atoms with van der Waals surface area (Å²) in [6, 6.07) is 14.4. The van der Waals surface area contributed by atoms with E-state index in [0.29, 0.717) is 23.7 Å². The second kappa shape index (κ2) is 17.0. The molecule has 0 aliphatic carbocycles. The normalized spacial score (nSPS) is 13.6. The summed E-state index contributed by atoms with van der Waals surface area (Å²) < 4.78 is 0.